The highest BCUT2D eigenvalue weighted by Crippen LogP contribution is 2.40. The normalized spacial score (nSPS) is 13.8. The summed E-state index contributed by atoms with van der Waals surface area (Å²) in [6.07, 6.45) is 8.84. The molecule has 0 bridgehead atoms. The number of aromatic nitrogens is 7. The van der Waals surface area contributed by atoms with Crippen molar-refractivity contribution in [2.24, 2.45) is 0 Å². The Morgan fingerprint density at radius 2 is 1.82 bits per heavy atom. The zero-order chi connectivity index (χ0) is 25.9. The second-order valence-electron chi connectivity index (χ2n) is 9.37. The van der Waals surface area contributed by atoms with Crippen LogP contribution in [0.4, 0.5) is 0 Å². The van der Waals surface area contributed by atoms with Crippen LogP contribution in [0, 0.1) is 6.92 Å². The number of fused-ring (bicyclic) bond motifs is 1. The van der Waals surface area contributed by atoms with Crippen molar-refractivity contribution >= 4 is 20.9 Å². The van der Waals surface area contributed by atoms with Crippen molar-refractivity contribution in [2.75, 3.05) is 0 Å². The van der Waals surface area contributed by atoms with Crippen LogP contribution in [0.15, 0.2) is 82.6 Å². The lowest BCUT2D eigenvalue weighted by molar-refractivity contribution is 0.582. The molecule has 0 saturated heterocycles. The summed E-state index contributed by atoms with van der Waals surface area (Å²) in [6.45, 7) is 1.92. The van der Waals surface area contributed by atoms with Crippen molar-refractivity contribution in [3.8, 4) is 34.3 Å². The van der Waals surface area contributed by atoms with E-state index in [-0.39, 0.29) is 4.90 Å². The van der Waals surface area contributed by atoms with Crippen LogP contribution in [-0.4, -0.2) is 42.8 Å². The molecule has 10 nitrogen and oxygen atoms in total. The molecule has 1 aliphatic carbocycles. The van der Waals surface area contributed by atoms with Gasteiger partial charge in [0.2, 0.25) is 5.89 Å². The molecule has 0 unspecified atom stereocenters. The van der Waals surface area contributed by atoms with E-state index in [0.717, 1.165) is 24.1 Å². The molecule has 7 rings (SSSR count). The zero-order valence-corrected chi connectivity index (χ0v) is 21.1. The third-order valence-corrected chi connectivity index (χ3v) is 8.36. The molecule has 1 fully saturated rings. The largest absolute Gasteiger partial charge is 0.415 e. The Labute approximate surface area is 217 Å². The van der Waals surface area contributed by atoms with E-state index in [1.54, 1.807) is 67.3 Å². The Bertz CT molecular complexity index is 1900. The minimum atomic E-state index is -3.88. The summed E-state index contributed by atoms with van der Waals surface area (Å²) in [7, 11) is -3.88. The van der Waals surface area contributed by atoms with Gasteiger partial charge in [0.1, 0.15) is 5.69 Å². The van der Waals surface area contributed by atoms with Crippen molar-refractivity contribution in [2.45, 2.75) is 30.6 Å². The molecule has 2 aromatic carbocycles. The standard InChI is InChI=1S/C27H21N7O3S/c1-16-2-7-19(8-3-16)38(35,36)34-15-21(24-14-28-13-23(30-24)17-4-5-17)20-12-18(6-9-25(20)34)26-32-33-27(37-26)22-10-11-29-31-22/h2-3,6-15,17H,4-5H2,1H3,(H,29,31). The van der Waals surface area contributed by atoms with Gasteiger partial charge in [-0.25, -0.2) is 17.4 Å². The maximum absolute atomic E-state index is 13.8. The first kappa shape index (κ1) is 22.5. The molecule has 0 spiro atoms. The molecule has 0 amide bonds. The minimum Gasteiger partial charge on any atom is -0.415 e. The molecule has 38 heavy (non-hydrogen) atoms. The van der Waals surface area contributed by atoms with Gasteiger partial charge >= 0.3 is 0 Å². The van der Waals surface area contributed by atoms with Gasteiger partial charge in [-0.1, -0.05) is 17.7 Å². The van der Waals surface area contributed by atoms with E-state index >= 15 is 0 Å². The lowest BCUT2D eigenvalue weighted by Gasteiger charge is -2.08. The first-order chi connectivity index (χ1) is 18.5. The zero-order valence-electron chi connectivity index (χ0n) is 20.2. The topological polar surface area (TPSA) is 132 Å². The average molecular weight is 524 g/mol. The predicted molar refractivity (Wildman–Crippen MR) is 140 cm³/mol. The highest BCUT2D eigenvalue weighted by molar-refractivity contribution is 7.90. The van der Waals surface area contributed by atoms with Gasteiger partial charge in [-0.05, 0) is 56.2 Å². The molecule has 11 heteroatoms. The molecule has 6 aromatic rings. The molecular weight excluding hydrogens is 502 g/mol. The Kier molecular flexibility index (Phi) is 5.02. The number of rotatable bonds is 6. The summed E-state index contributed by atoms with van der Waals surface area (Å²) in [5.41, 5.74) is 4.92. The number of nitrogens with one attached hydrogen (secondary N) is 1. The maximum Gasteiger partial charge on any atom is 0.268 e. The quantitative estimate of drug-likeness (QED) is 0.324. The third-order valence-electron chi connectivity index (χ3n) is 6.68. The summed E-state index contributed by atoms with van der Waals surface area (Å²) < 4.78 is 34.7. The van der Waals surface area contributed by atoms with Gasteiger partial charge in [0.05, 0.1) is 28.0 Å². The Hall–Kier alpha value is -4.64. The molecule has 188 valence electrons. The molecule has 0 radical (unpaired) electrons. The second-order valence-corrected chi connectivity index (χ2v) is 11.2. The number of benzene rings is 2. The van der Waals surface area contributed by atoms with Crippen molar-refractivity contribution < 1.29 is 12.8 Å². The summed E-state index contributed by atoms with van der Waals surface area (Å²) in [4.78, 5) is 9.45. The van der Waals surface area contributed by atoms with Crippen LogP contribution in [0.5, 0.6) is 0 Å². The SMILES string of the molecule is Cc1ccc(S(=O)(=O)n2cc(-c3cncc(C4CC4)n3)c3cc(-c4nnc(-c5ccn[nH]5)o4)ccc32)cc1. The first-order valence-electron chi connectivity index (χ1n) is 12.1. The molecule has 1 aliphatic rings. The number of hydrogen-bond donors (Lipinski definition) is 1. The fourth-order valence-electron chi connectivity index (χ4n) is 4.47. The summed E-state index contributed by atoms with van der Waals surface area (Å²) in [5, 5.41) is 15.7. The fraction of sp³-hybridized carbons (Fsp3) is 0.148. The molecule has 0 aliphatic heterocycles. The maximum atomic E-state index is 13.8. The monoisotopic (exact) mass is 523 g/mol. The number of nitrogens with zero attached hydrogens (tertiary/aromatic N) is 6. The minimum absolute atomic E-state index is 0.203. The van der Waals surface area contributed by atoms with Crippen molar-refractivity contribution in [3.05, 3.63) is 84.6 Å². The van der Waals surface area contributed by atoms with E-state index in [0.29, 0.717) is 51.1 Å². The highest BCUT2D eigenvalue weighted by atomic mass is 32.2. The Morgan fingerprint density at radius 1 is 1.00 bits per heavy atom. The number of H-pyrrole nitrogens is 1. The lowest BCUT2D eigenvalue weighted by Crippen LogP contribution is -2.11. The Morgan fingerprint density at radius 3 is 2.58 bits per heavy atom. The van der Waals surface area contributed by atoms with Gasteiger partial charge in [-0.15, -0.1) is 10.2 Å². The second kappa shape index (κ2) is 8.45. The van der Waals surface area contributed by atoms with Gasteiger partial charge in [0.25, 0.3) is 15.9 Å². The summed E-state index contributed by atoms with van der Waals surface area (Å²) >= 11 is 0. The first-order valence-corrected chi connectivity index (χ1v) is 13.5. The Balaban J connectivity index is 1.41. The van der Waals surface area contributed by atoms with Crippen LogP contribution in [0.3, 0.4) is 0 Å². The van der Waals surface area contributed by atoms with Gasteiger partial charge in [-0.3, -0.25) is 10.1 Å². The van der Waals surface area contributed by atoms with Gasteiger partial charge in [0.15, 0.2) is 0 Å². The third kappa shape index (κ3) is 3.79. The van der Waals surface area contributed by atoms with Gasteiger partial charge in [-0.2, -0.15) is 5.10 Å². The van der Waals surface area contributed by atoms with Crippen molar-refractivity contribution in [1.82, 2.24) is 34.3 Å². The fourth-order valence-corrected chi connectivity index (χ4v) is 5.84. The summed E-state index contributed by atoms with van der Waals surface area (Å²) in [5.74, 6) is 1.01. The molecule has 1 saturated carbocycles. The average Bonchev–Trinajstić information content (AvgIpc) is 3.31. The van der Waals surface area contributed by atoms with E-state index in [1.165, 1.54) is 3.97 Å². The van der Waals surface area contributed by atoms with E-state index < -0.39 is 10.0 Å². The number of hydrogen-bond acceptors (Lipinski definition) is 8. The van der Waals surface area contributed by atoms with Crippen LogP contribution in [0.25, 0.3) is 45.2 Å². The van der Waals surface area contributed by atoms with E-state index in [2.05, 4.69) is 25.4 Å². The highest BCUT2D eigenvalue weighted by Gasteiger charge is 2.27. The van der Waals surface area contributed by atoms with E-state index in [9.17, 15) is 8.42 Å². The number of aromatic amines is 1. The molecule has 4 aromatic heterocycles. The molecule has 1 N–H and O–H groups in total. The van der Waals surface area contributed by atoms with Crippen molar-refractivity contribution in [1.29, 1.82) is 0 Å². The van der Waals surface area contributed by atoms with Crippen LogP contribution in [0.2, 0.25) is 0 Å². The smallest absolute Gasteiger partial charge is 0.268 e. The van der Waals surface area contributed by atoms with Crippen molar-refractivity contribution in [3.63, 3.8) is 0 Å². The van der Waals surface area contributed by atoms with Gasteiger partial charge in [0, 0.05) is 41.0 Å². The van der Waals surface area contributed by atoms with Crippen LogP contribution < -0.4 is 0 Å². The van der Waals surface area contributed by atoms with Crippen LogP contribution >= 0.6 is 0 Å². The molecule has 0 atom stereocenters. The van der Waals surface area contributed by atoms with E-state index in [1.807, 2.05) is 13.0 Å². The lowest BCUT2D eigenvalue weighted by atomic mass is 10.1. The van der Waals surface area contributed by atoms with Gasteiger partial charge < -0.3 is 4.42 Å². The van der Waals surface area contributed by atoms with E-state index in [4.69, 9.17) is 9.40 Å². The molecular formula is C27H21N7O3S. The van der Waals surface area contributed by atoms with Crippen LogP contribution in [-0.2, 0) is 10.0 Å². The number of aryl methyl sites for hydroxylation is 1. The summed E-state index contributed by atoms with van der Waals surface area (Å²) in [6, 6.07) is 13.9. The predicted octanol–water partition coefficient (Wildman–Crippen LogP) is 4.96. The van der Waals surface area contributed by atoms with Crippen LogP contribution in [0.1, 0.15) is 30.0 Å². The molecule has 4 heterocycles.